The van der Waals surface area contributed by atoms with Gasteiger partial charge in [0, 0.05) is 6.54 Å². The van der Waals surface area contributed by atoms with Crippen LogP contribution in [0.3, 0.4) is 0 Å². The molecule has 1 amide bonds. The number of thiocarbonyl (C=S) groups is 1. The highest BCUT2D eigenvalue weighted by Crippen LogP contribution is 2.33. The summed E-state index contributed by atoms with van der Waals surface area (Å²) in [5.74, 6) is -0.391. The molecule has 2 aromatic carbocycles. The summed E-state index contributed by atoms with van der Waals surface area (Å²) in [6.07, 6.45) is -2.74. The molecule has 1 fully saturated rings. The van der Waals surface area contributed by atoms with Gasteiger partial charge in [-0.3, -0.25) is 9.69 Å². The van der Waals surface area contributed by atoms with Crippen molar-refractivity contribution < 1.29 is 26.4 Å². The van der Waals surface area contributed by atoms with Crippen LogP contribution in [-0.2, 0) is 27.4 Å². The van der Waals surface area contributed by atoms with Crippen LogP contribution in [0.15, 0.2) is 58.3 Å². The summed E-state index contributed by atoms with van der Waals surface area (Å²) in [7, 11) is -3.88. The first-order chi connectivity index (χ1) is 13.9. The van der Waals surface area contributed by atoms with E-state index in [0.29, 0.717) is 11.1 Å². The molecular weight excluding hydrogens is 457 g/mol. The number of carbonyl (C=O) groups excluding carboxylic acids is 1. The highest BCUT2D eigenvalue weighted by Gasteiger charge is 2.33. The number of hydrogen-bond acceptors (Lipinski definition) is 5. The van der Waals surface area contributed by atoms with E-state index in [4.69, 9.17) is 17.4 Å². The number of carbonyl (C=O) groups is 1. The average Bonchev–Trinajstić information content (AvgIpc) is 2.92. The number of alkyl halides is 3. The molecule has 1 aliphatic rings. The molecule has 0 saturated carbocycles. The summed E-state index contributed by atoms with van der Waals surface area (Å²) in [5, 5.41) is 5.12. The topological polar surface area (TPSA) is 80.5 Å². The second-order valence-corrected chi connectivity index (χ2v) is 9.64. The Bertz CT molecular complexity index is 1140. The molecule has 0 aliphatic carbocycles. The number of thioether (sulfide) groups is 1. The van der Waals surface area contributed by atoms with Crippen LogP contribution in [0.4, 0.5) is 13.2 Å². The number of sulfonamides is 1. The van der Waals surface area contributed by atoms with Gasteiger partial charge in [0.25, 0.3) is 5.91 Å². The zero-order chi connectivity index (χ0) is 22.1. The Morgan fingerprint density at radius 2 is 1.83 bits per heavy atom. The first kappa shape index (κ1) is 22.5. The van der Waals surface area contributed by atoms with Crippen LogP contribution in [0.2, 0.25) is 0 Å². The van der Waals surface area contributed by atoms with Gasteiger partial charge in [-0.05, 0) is 41.8 Å². The fourth-order valence-corrected chi connectivity index (χ4v) is 4.65. The van der Waals surface area contributed by atoms with Crippen molar-refractivity contribution in [1.29, 1.82) is 0 Å². The molecule has 0 spiro atoms. The number of benzene rings is 2. The van der Waals surface area contributed by atoms with E-state index in [1.807, 2.05) is 0 Å². The maximum Gasteiger partial charge on any atom is 0.416 e. The molecule has 1 heterocycles. The highest BCUT2D eigenvalue weighted by atomic mass is 32.2. The second kappa shape index (κ2) is 8.50. The van der Waals surface area contributed by atoms with Gasteiger partial charge in [-0.25, -0.2) is 13.6 Å². The van der Waals surface area contributed by atoms with Crippen LogP contribution < -0.4 is 5.14 Å². The number of hydrogen-bond donors (Lipinski definition) is 1. The molecule has 158 valence electrons. The van der Waals surface area contributed by atoms with Crippen LogP contribution in [0, 0.1) is 0 Å². The lowest BCUT2D eigenvalue weighted by Gasteiger charge is -2.15. The van der Waals surface area contributed by atoms with E-state index in [-0.39, 0.29) is 27.1 Å². The standard InChI is InChI=1S/C19H15F3N2O3S3/c20-19(21,22)14-5-1-3-12(9-14)7-8-24-17(25)16(29-18(24)28)11-13-4-2-6-15(10-13)30(23,26)27/h1-6,9-11H,7-8H2,(H2,23,26,27)/b16-11-. The average molecular weight is 473 g/mol. The lowest BCUT2D eigenvalue weighted by molar-refractivity contribution is -0.137. The lowest BCUT2D eigenvalue weighted by atomic mass is 10.1. The van der Waals surface area contributed by atoms with Crippen molar-refractivity contribution >= 4 is 50.3 Å². The maximum absolute atomic E-state index is 12.9. The van der Waals surface area contributed by atoms with E-state index in [9.17, 15) is 26.4 Å². The molecule has 0 aromatic heterocycles. The summed E-state index contributed by atoms with van der Waals surface area (Å²) >= 11 is 6.27. The van der Waals surface area contributed by atoms with Crippen molar-refractivity contribution in [3.63, 3.8) is 0 Å². The minimum atomic E-state index is -4.44. The summed E-state index contributed by atoms with van der Waals surface area (Å²) in [6, 6.07) is 10.7. The Morgan fingerprint density at radius 3 is 2.50 bits per heavy atom. The molecule has 2 aromatic rings. The molecule has 0 radical (unpaired) electrons. The summed E-state index contributed by atoms with van der Waals surface area (Å²) in [4.78, 5) is 14.2. The minimum absolute atomic E-state index is 0.0868. The molecule has 0 unspecified atom stereocenters. The van der Waals surface area contributed by atoms with Gasteiger partial charge < -0.3 is 0 Å². The molecule has 0 bridgehead atoms. The monoisotopic (exact) mass is 472 g/mol. The normalized spacial score (nSPS) is 16.5. The zero-order valence-electron chi connectivity index (χ0n) is 15.2. The summed E-state index contributed by atoms with van der Waals surface area (Å²) in [5.41, 5.74) is 0.142. The highest BCUT2D eigenvalue weighted by molar-refractivity contribution is 8.26. The van der Waals surface area contributed by atoms with E-state index < -0.39 is 27.7 Å². The number of nitrogens with two attached hydrogens (primary N) is 1. The molecular formula is C19H15F3N2O3S3. The number of amides is 1. The Morgan fingerprint density at radius 1 is 1.13 bits per heavy atom. The first-order valence-corrected chi connectivity index (χ1v) is 11.3. The van der Waals surface area contributed by atoms with Crippen LogP contribution in [-0.4, -0.2) is 30.1 Å². The van der Waals surface area contributed by atoms with E-state index in [1.165, 1.54) is 35.2 Å². The zero-order valence-corrected chi connectivity index (χ0v) is 17.7. The van der Waals surface area contributed by atoms with E-state index in [2.05, 4.69) is 0 Å². The Kier molecular flexibility index (Phi) is 6.37. The van der Waals surface area contributed by atoms with E-state index >= 15 is 0 Å². The molecule has 3 rings (SSSR count). The third-order valence-corrected chi connectivity index (χ3v) is 6.53. The van der Waals surface area contributed by atoms with E-state index in [1.54, 1.807) is 12.1 Å². The van der Waals surface area contributed by atoms with Crippen molar-refractivity contribution in [3.8, 4) is 0 Å². The maximum atomic E-state index is 12.9. The lowest BCUT2D eigenvalue weighted by Crippen LogP contribution is -2.30. The fraction of sp³-hybridized carbons (Fsp3) is 0.158. The third kappa shape index (κ3) is 5.28. The molecule has 2 N–H and O–H groups in total. The molecule has 1 saturated heterocycles. The van der Waals surface area contributed by atoms with Gasteiger partial charge in [-0.15, -0.1) is 0 Å². The van der Waals surface area contributed by atoms with Gasteiger partial charge >= 0.3 is 6.18 Å². The van der Waals surface area contributed by atoms with Crippen molar-refractivity contribution in [2.75, 3.05) is 6.54 Å². The van der Waals surface area contributed by atoms with Crippen LogP contribution in [0.1, 0.15) is 16.7 Å². The predicted octanol–water partition coefficient (Wildman–Crippen LogP) is 3.80. The van der Waals surface area contributed by atoms with Crippen LogP contribution >= 0.6 is 24.0 Å². The van der Waals surface area contributed by atoms with Crippen molar-refractivity contribution in [2.45, 2.75) is 17.5 Å². The Hall–Kier alpha value is -2.21. The van der Waals surface area contributed by atoms with Gasteiger partial charge in [0.1, 0.15) is 4.32 Å². The number of nitrogens with zero attached hydrogens (tertiary/aromatic N) is 1. The molecule has 1 aliphatic heterocycles. The number of rotatable bonds is 5. The predicted molar refractivity (Wildman–Crippen MR) is 113 cm³/mol. The van der Waals surface area contributed by atoms with Crippen molar-refractivity contribution in [1.82, 2.24) is 4.90 Å². The minimum Gasteiger partial charge on any atom is -0.293 e. The second-order valence-electron chi connectivity index (χ2n) is 6.40. The smallest absolute Gasteiger partial charge is 0.293 e. The first-order valence-electron chi connectivity index (χ1n) is 8.49. The van der Waals surface area contributed by atoms with Gasteiger partial charge in [0.2, 0.25) is 10.0 Å². The van der Waals surface area contributed by atoms with Crippen molar-refractivity contribution in [2.24, 2.45) is 5.14 Å². The van der Waals surface area contributed by atoms with Crippen LogP contribution in [0.5, 0.6) is 0 Å². The number of halogens is 3. The molecule has 5 nitrogen and oxygen atoms in total. The quantitative estimate of drug-likeness (QED) is 0.529. The molecule has 11 heteroatoms. The Balaban J connectivity index is 1.75. The third-order valence-electron chi connectivity index (χ3n) is 4.24. The van der Waals surface area contributed by atoms with Crippen LogP contribution in [0.25, 0.3) is 6.08 Å². The van der Waals surface area contributed by atoms with E-state index in [0.717, 1.165) is 23.9 Å². The SMILES string of the molecule is NS(=O)(=O)c1cccc(/C=C2\SC(=S)N(CCc3cccc(C(F)(F)F)c3)C2=O)c1. The summed E-state index contributed by atoms with van der Waals surface area (Å²) in [6.45, 7) is 0.126. The summed E-state index contributed by atoms with van der Waals surface area (Å²) < 4.78 is 61.8. The molecule has 30 heavy (non-hydrogen) atoms. The van der Waals surface area contributed by atoms with Gasteiger partial charge in [-0.1, -0.05) is 54.3 Å². The van der Waals surface area contributed by atoms with Gasteiger partial charge in [0.15, 0.2) is 0 Å². The van der Waals surface area contributed by atoms with Gasteiger partial charge in [0.05, 0.1) is 15.4 Å². The fourth-order valence-electron chi connectivity index (χ4n) is 2.77. The number of primary sulfonamides is 1. The van der Waals surface area contributed by atoms with Gasteiger partial charge in [-0.2, -0.15) is 13.2 Å². The Labute approximate surface area is 180 Å². The van der Waals surface area contributed by atoms with Crippen molar-refractivity contribution in [3.05, 3.63) is 70.1 Å². The molecule has 0 atom stereocenters. The largest absolute Gasteiger partial charge is 0.416 e.